The molecule has 0 N–H and O–H groups in total. The van der Waals surface area contributed by atoms with Gasteiger partial charge in [-0.15, -0.1) is 0 Å². The molecule has 0 atom stereocenters. The summed E-state index contributed by atoms with van der Waals surface area (Å²) >= 11 is 0.459. The topological polar surface area (TPSA) is 27.7 Å². The summed E-state index contributed by atoms with van der Waals surface area (Å²) in [5.74, 6) is 0. The van der Waals surface area contributed by atoms with Crippen LogP contribution >= 0.6 is 0 Å². The molecule has 2 rings (SSSR count). The van der Waals surface area contributed by atoms with Gasteiger partial charge in [0.15, 0.2) is 0 Å². The molecule has 2 aromatic carbocycles. The van der Waals surface area contributed by atoms with Gasteiger partial charge < -0.3 is 0 Å². The predicted octanol–water partition coefficient (Wildman–Crippen LogP) is 1.30. The summed E-state index contributed by atoms with van der Waals surface area (Å²) in [5.41, 5.74) is 1.33. The average molecular weight is 367 g/mol. The van der Waals surface area contributed by atoms with Crippen molar-refractivity contribution in [3.05, 3.63) is 60.2 Å². The second kappa shape index (κ2) is 7.89. The van der Waals surface area contributed by atoms with Crippen LogP contribution in [0.1, 0.15) is 5.56 Å². The molecule has 0 heterocycles. The van der Waals surface area contributed by atoms with E-state index in [-0.39, 0.29) is 0 Å². The standard InChI is InChI=1S/C16H20O3SeSi/c1-17-21(18-2,19-3)16-11-9-14(10-12-16)13-20-15-7-5-4-6-8-15/h4-12H,13H2,1-3H3. The van der Waals surface area contributed by atoms with E-state index in [4.69, 9.17) is 13.3 Å². The summed E-state index contributed by atoms with van der Waals surface area (Å²) in [4.78, 5) is 0. The quantitative estimate of drug-likeness (QED) is 0.691. The van der Waals surface area contributed by atoms with Crippen LogP contribution in [-0.4, -0.2) is 45.1 Å². The fraction of sp³-hybridized carbons (Fsp3) is 0.250. The normalized spacial score (nSPS) is 11.6. The van der Waals surface area contributed by atoms with Crippen molar-refractivity contribution in [3.8, 4) is 0 Å². The molecule has 0 bridgehead atoms. The van der Waals surface area contributed by atoms with Crippen LogP contribution in [0.25, 0.3) is 0 Å². The van der Waals surface area contributed by atoms with E-state index in [0.29, 0.717) is 15.0 Å². The van der Waals surface area contributed by atoms with Crippen LogP contribution in [0.5, 0.6) is 0 Å². The third-order valence-electron chi connectivity index (χ3n) is 3.26. The zero-order valence-corrected chi connectivity index (χ0v) is 15.2. The van der Waals surface area contributed by atoms with Gasteiger partial charge in [-0.05, 0) is 0 Å². The molecule has 2 aromatic rings. The SMILES string of the molecule is CO[Si](OC)(OC)c1ccc(C[Se]c2ccccc2)cc1. The van der Waals surface area contributed by atoms with Crippen molar-refractivity contribution in [2.24, 2.45) is 0 Å². The average Bonchev–Trinajstić information content (AvgIpc) is 2.57. The van der Waals surface area contributed by atoms with Gasteiger partial charge in [-0.1, -0.05) is 0 Å². The van der Waals surface area contributed by atoms with E-state index in [9.17, 15) is 0 Å². The molecule has 0 aliphatic carbocycles. The molecular weight excluding hydrogens is 347 g/mol. The first-order chi connectivity index (χ1) is 10.2. The Labute approximate surface area is 133 Å². The van der Waals surface area contributed by atoms with Crippen LogP contribution in [0.4, 0.5) is 0 Å². The van der Waals surface area contributed by atoms with Crippen molar-refractivity contribution in [2.75, 3.05) is 21.3 Å². The predicted molar refractivity (Wildman–Crippen MR) is 88.4 cm³/mol. The summed E-state index contributed by atoms with van der Waals surface area (Å²) in [6.07, 6.45) is 0. The summed E-state index contributed by atoms with van der Waals surface area (Å²) in [6, 6.07) is 19.0. The van der Waals surface area contributed by atoms with Crippen LogP contribution in [0.2, 0.25) is 0 Å². The fourth-order valence-electron chi connectivity index (χ4n) is 2.09. The van der Waals surface area contributed by atoms with Gasteiger partial charge in [-0.25, -0.2) is 0 Å². The second-order valence-electron chi connectivity index (χ2n) is 4.47. The number of hydrogen-bond donors (Lipinski definition) is 0. The second-order valence-corrected chi connectivity index (χ2v) is 9.58. The van der Waals surface area contributed by atoms with E-state index >= 15 is 0 Å². The summed E-state index contributed by atoms with van der Waals surface area (Å²) in [5, 5.41) is 2.07. The van der Waals surface area contributed by atoms with Gasteiger partial charge in [-0.2, -0.15) is 0 Å². The van der Waals surface area contributed by atoms with Crippen molar-refractivity contribution in [2.45, 2.75) is 5.32 Å². The van der Waals surface area contributed by atoms with Gasteiger partial charge in [0.05, 0.1) is 0 Å². The minimum absolute atomic E-state index is 0.459. The Hall–Kier alpha value is -0.944. The molecule has 0 saturated heterocycles. The summed E-state index contributed by atoms with van der Waals surface area (Å²) < 4.78 is 17.9. The van der Waals surface area contributed by atoms with E-state index in [2.05, 4.69) is 54.6 Å². The molecule has 0 saturated carbocycles. The Morgan fingerprint density at radius 2 is 1.38 bits per heavy atom. The molecule has 0 amide bonds. The Morgan fingerprint density at radius 1 is 0.810 bits per heavy atom. The van der Waals surface area contributed by atoms with Gasteiger partial charge in [0.1, 0.15) is 0 Å². The minimum atomic E-state index is -2.70. The van der Waals surface area contributed by atoms with Gasteiger partial charge in [0, 0.05) is 0 Å². The molecule has 0 fully saturated rings. The number of hydrogen-bond acceptors (Lipinski definition) is 3. The van der Waals surface area contributed by atoms with Gasteiger partial charge in [-0.3, -0.25) is 0 Å². The van der Waals surface area contributed by atoms with Crippen molar-refractivity contribution in [1.82, 2.24) is 0 Å². The third-order valence-corrected chi connectivity index (χ3v) is 8.19. The third kappa shape index (κ3) is 4.04. The van der Waals surface area contributed by atoms with E-state index in [1.807, 2.05) is 0 Å². The van der Waals surface area contributed by atoms with Crippen LogP contribution < -0.4 is 9.65 Å². The Balaban J connectivity index is 2.05. The molecule has 112 valence electrons. The van der Waals surface area contributed by atoms with E-state index in [0.717, 1.165) is 10.5 Å². The molecule has 21 heavy (non-hydrogen) atoms. The zero-order chi connectivity index (χ0) is 15.1. The molecule has 3 nitrogen and oxygen atoms in total. The van der Waals surface area contributed by atoms with Gasteiger partial charge >= 0.3 is 133 Å². The van der Waals surface area contributed by atoms with Crippen molar-refractivity contribution in [3.63, 3.8) is 0 Å². The van der Waals surface area contributed by atoms with E-state index < -0.39 is 8.80 Å². The number of rotatable bonds is 7. The van der Waals surface area contributed by atoms with Crippen molar-refractivity contribution in [1.29, 1.82) is 0 Å². The first kappa shape index (κ1) is 16.4. The maximum absolute atomic E-state index is 5.49. The molecule has 0 unspecified atom stereocenters. The summed E-state index contributed by atoms with van der Waals surface area (Å²) in [7, 11) is 2.19. The van der Waals surface area contributed by atoms with E-state index in [1.54, 1.807) is 21.3 Å². The molecule has 0 aromatic heterocycles. The fourth-order valence-corrected chi connectivity index (χ4v) is 5.71. The van der Waals surface area contributed by atoms with Crippen molar-refractivity contribution < 1.29 is 13.3 Å². The monoisotopic (exact) mass is 368 g/mol. The van der Waals surface area contributed by atoms with Crippen LogP contribution in [-0.2, 0) is 18.6 Å². The molecule has 0 aliphatic heterocycles. The molecule has 0 spiro atoms. The molecule has 0 aliphatic rings. The maximum atomic E-state index is 5.49. The molecular formula is C16H20O3SeSi. The summed E-state index contributed by atoms with van der Waals surface area (Å²) in [6.45, 7) is 0. The van der Waals surface area contributed by atoms with Gasteiger partial charge in [0.25, 0.3) is 0 Å². The first-order valence-corrected chi connectivity index (χ1v) is 10.5. The van der Waals surface area contributed by atoms with Crippen molar-refractivity contribution >= 4 is 33.4 Å². The van der Waals surface area contributed by atoms with E-state index in [1.165, 1.54) is 10.0 Å². The van der Waals surface area contributed by atoms with Crippen LogP contribution in [0, 0.1) is 0 Å². The number of benzene rings is 2. The Morgan fingerprint density at radius 3 is 1.90 bits per heavy atom. The molecule has 5 heteroatoms. The van der Waals surface area contributed by atoms with Gasteiger partial charge in [0.2, 0.25) is 0 Å². The van der Waals surface area contributed by atoms with Crippen LogP contribution in [0.3, 0.4) is 0 Å². The van der Waals surface area contributed by atoms with Crippen LogP contribution in [0.15, 0.2) is 54.6 Å². The zero-order valence-electron chi connectivity index (χ0n) is 12.5. The Kier molecular flexibility index (Phi) is 6.17. The Bertz CT molecular complexity index is 533. The first-order valence-electron chi connectivity index (χ1n) is 6.67. The molecule has 0 radical (unpaired) electrons.